The zero-order valence-corrected chi connectivity index (χ0v) is 10.6. The van der Waals surface area contributed by atoms with Crippen molar-refractivity contribution >= 4 is 17.7 Å². The van der Waals surface area contributed by atoms with E-state index in [9.17, 15) is 13.6 Å². The van der Waals surface area contributed by atoms with Crippen LogP contribution >= 0.6 is 11.8 Å². The highest BCUT2D eigenvalue weighted by Crippen LogP contribution is 2.23. The van der Waals surface area contributed by atoms with Crippen molar-refractivity contribution < 1.29 is 18.7 Å². The van der Waals surface area contributed by atoms with Crippen LogP contribution in [0, 0.1) is 11.6 Å². The Bertz CT molecular complexity index is 597. The molecule has 0 saturated carbocycles. The van der Waals surface area contributed by atoms with E-state index in [4.69, 9.17) is 5.11 Å². The molecule has 0 aliphatic rings. The maximum Gasteiger partial charge on any atom is 0.338 e. The molecule has 0 amide bonds. The van der Waals surface area contributed by atoms with E-state index in [1.807, 2.05) is 0 Å². The second kappa shape index (κ2) is 5.84. The van der Waals surface area contributed by atoms with Gasteiger partial charge in [0.25, 0.3) is 0 Å². The zero-order valence-electron chi connectivity index (χ0n) is 9.77. The zero-order chi connectivity index (χ0) is 13.8. The van der Waals surface area contributed by atoms with E-state index < -0.39 is 11.8 Å². The van der Waals surface area contributed by atoms with Crippen molar-refractivity contribution in [3.8, 4) is 0 Å². The summed E-state index contributed by atoms with van der Waals surface area (Å²) in [5.41, 5.74) is 0.340. The van der Waals surface area contributed by atoms with Crippen molar-refractivity contribution in [3.05, 3.63) is 65.2 Å². The molecule has 0 aromatic heterocycles. The highest BCUT2D eigenvalue weighted by molar-refractivity contribution is 7.98. The first-order valence-electron chi connectivity index (χ1n) is 5.46. The summed E-state index contributed by atoms with van der Waals surface area (Å²) >= 11 is 1.42. The van der Waals surface area contributed by atoms with Crippen LogP contribution in [0.25, 0.3) is 0 Å². The van der Waals surface area contributed by atoms with E-state index in [0.717, 1.165) is 4.90 Å². The second-order valence-corrected chi connectivity index (χ2v) is 4.91. The SMILES string of the molecule is O=C(O)c1ccc(CSc2ccc(F)cc2)cc1F. The highest BCUT2D eigenvalue weighted by Gasteiger charge is 2.10. The second-order valence-electron chi connectivity index (χ2n) is 3.86. The van der Waals surface area contributed by atoms with E-state index in [-0.39, 0.29) is 11.4 Å². The fourth-order valence-corrected chi connectivity index (χ4v) is 2.36. The van der Waals surface area contributed by atoms with Crippen LogP contribution in [-0.4, -0.2) is 11.1 Å². The van der Waals surface area contributed by atoms with Crippen LogP contribution in [-0.2, 0) is 5.75 Å². The van der Waals surface area contributed by atoms with Gasteiger partial charge in [-0.2, -0.15) is 0 Å². The molecular weight excluding hydrogens is 270 g/mol. The normalized spacial score (nSPS) is 10.4. The fraction of sp³-hybridized carbons (Fsp3) is 0.0714. The molecule has 0 heterocycles. The molecule has 2 aromatic rings. The average molecular weight is 280 g/mol. The molecule has 2 rings (SSSR count). The van der Waals surface area contributed by atoms with Crippen molar-refractivity contribution in [2.45, 2.75) is 10.6 Å². The molecule has 0 saturated heterocycles. The van der Waals surface area contributed by atoms with Gasteiger partial charge >= 0.3 is 5.97 Å². The van der Waals surface area contributed by atoms with Crippen molar-refractivity contribution in [1.29, 1.82) is 0 Å². The number of carboxylic acids is 1. The summed E-state index contributed by atoms with van der Waals surface area (Å²) in [6, 6.07) is 10.0. The standard InChI is InChI=1S/C14H10F2O2S/c15-10-2-4-11(5-3-10)19-8-9-1-6-12(14(17)18)13(16)7-9/h1-7H,8H2,(H,17,18). The van der Waals surface area contributed by atoms with Gasteiger partial charge in [-0.15, -0.1) is 11.8 Å². The monoisotopic (exact) mass is 280 g/mol. The minimum atomic E-state index is -1.28. The van der Waals surface area contributed by atoms with Gasteiger partial charge in [-0.1, -0.05) is 6.07 Å². The van der Waals surface area contributed by atoms with Gasteiger partial charge in [0.2, 0.25) is 0 Å². The molecule has 0 fully saturated rings. The minimum absolute atomic E-state index is 0.304. The highest BCUT2D eigenvalue weighted by atomic mass is 32.2. The number of benzene rings is 2. The number of hydrogen-bond acceptors (Lipinski definition) is 2. The van der Waals surface area contributed by atoms with Crippen LogP contribution in [0.3, 0.4) is 0 Å². The first kappa shape index (κ1) is 13.5. The quantitative estimate of drug-likeness (QED) is 0.861. The minimum Gasteiger partial charge on any atom is -0.478 e. The average Bonchev–Trinajstić information content (AvgIpc) is 2.37. The summed E-state index contributed by atoms with van der Waals surface area (Å²) in [6.07, 6.45) is 0. The van der Waals surface area contributed by atoms with Crippen LogP contribution in [0.4, 0.5) is 8.78 Å². The molecular formula is C14H10F2O2S. The van der Waals surface area contributed by atoms with Crippen LogP contribution in [0.2, 0.25) is 0 Å². The third-order valence-electron chi connectivity index (χ3n) is 2.48. The maximum atomic E-state index is 13.4. The third kappa shape index (κ3) is 3.54. The first-order chi connectivity index (χ1) is 9.06. The van der Waals surface area contributed by atoms with Gasteiger partial charge in [-0.05, 0) is 42.0 Å². The van der Waals surface area contributed by atoms with Crippen molar-refractivity contribution in [2.75, 3.05) is 0 Å². The lowest BCUT2D eigenvalue weighted by atomic mass is 10.1. The Kier molecular flexibility index (Phi) is 4.16. The number of carbonyl (C=O) groups is 1. The Hall–Kier alpha value is -1.88. The summed E-state index contributed by atoms with van der Waals surface area (Å²) in [7, 11) is 0. The number of carboxylic acid groups (broad SMARTS) is 1. The number of rotatable bonds is 4. The summed E-state index contributed by atoms with van der Waals surface area (Å²) in [5.74, 6) is -1.84. The third-order valence-corrected chi connectivity index (χ3v) is 3.57. The lowest BCUT2D eigenvalue weighted by molar-refractivity contribution is 0.0692. The molecule has 98 valence electrons. The van der Waals surface area contributed by atoms with Crippen LogP contribution in [0.5, 0.6) is 0 Å². The molecule has 0 radical (unpaired) electrons. The Morgan fingerprint density at radius 3 is 2.37 bits per heavy atom. The fourth-order valence-electron chi connectivity index (χ4n) is 1.52. The molecule has 19 heavy (non-hydrogen) atoms. The number of halogens is 2. The van der Waals surface area contributed by atoms with E-state index >= 15 is 0 Å². The molecule has 0 unspecified atom stereocenters. The Balaban J connectivity index is 2.06. The lowest BCUT2D eigenvalue weighted by Crippen LogP contribution is -2.00. The largest absolute Gasteiger partial charge is 0.478 e. The number of thioether (sulfide) groups is 1. The van der Waals surface area contributed by atoms with E-state index in [1.54, 1.807) is 18.2 Å². The van der Waals surface area contributed by atoms with Gasteiger partial charge in [-0.25, -0.2) is 13.6 Å². The van der Waals surface area contributed by atoms with Crippen molar-refractivity contribution in [1.82, 2.24) is 0 Å². The molecule has 2 aromatic carbocycles. The van der Waals surface area contributed by atoms with Gasteiger partial charge in [0, 0.05) is 10.6 Å². The summed E-state index contributed by atoms with van der Waals surface area (Å²) in [4.78, 5) is 11.5. The Morgan fingerprint density at radius 2 is 1.79 bits per heavy atom. The Labute approximate surface area is 113 Å². The number of hydrogen-bond donors (Lipinski definition) is 1. The summed E-state index contributed by atoms with van der Waals surface area (Å²) < 4.78 is 26.1. The molecule has 0 aliphatic carbocycles. The Morgan fingerprint density at radius 1 is 1.11 bits per heavy atom. The van der Waals surface area contributed by atoms with Gasteiger partial charge in [0.15, 0.2) is 0 Å². The number of aromatic carboxylic acids is 1. The molecule has 2 nitrogen and oxygen atoms in total. The smallest absolute Gasteiger partial charge is 0.338 e. The van der Waals surface area contributed by atoms with Gasteiger partial charge in [0.05, 0.1) is 5.56 Å². The summed E-state index contributed by atoms with van der Waals surface area (Å²) in [6.45, 7) is 0. The van der Waals surface area contributed by atoms with E-state index in [2.05, 4.69) is 0 Å². The van der Waals surface area contributed by atoms with Gasteiger partial charge < -0.3 is 5.11 Å². The van der Waals surface area contributed by atoms with Gasteiger partial charge in [0.1, 0.15) is 11.6 Å². The molecule has 0 bridgehead atoms. The van der Waals surface area contributed by atoms with Crippen molar-refractivity contribution in [2.24, 2.45) is 0 Å². The predicted molar refractivity (Wildman–Crippen MR) is 69.3 cm³/mol. The molecule has 1 N–H and O–H groups in total. The molecule has 0 atom stereocenters. The molecule has 0 spiro atoms. The molecule has 5 heteroatoms. The van der Waals surface area contributed by atoms with E-state index in [0.29, 0.717) is 11.3 Å². The lowest BCUT2D eigenvalue weighted by Gasteiger charge is -2.04. The van der Waals surface area contributed by atoms with E-state index in [1.165, 1.54) is 36.0 Å². The maximum absolute atomic E-state index is 13.4. The van der Waals surface area contributed by atoms with Crippen LogP contribution in [0.15, 0.2) is 47.4 Å². The van der Waals surface area contributed by atoms with Gasteiger partial charge in [-0.3, -0.25) is 0 Å². The summed E-state index contributed by atoms with van der Waals surface area (Å²) in [5, 5.41) is 8.71. The predicted octanol–water partition coefficient (Wildman–Crippen LogP) is 3.96. The van der Waals surface area contributed by atoms with Crippen LogP contribution in [0.1, 0.15) is 15.9 Å². The van der Waals surface area contributed by atoms with Crippen molar-refractivity contribution in [3.63, 3.8) is 0 Å². The first-order valence-corrected chi connectivity index (χ1v) is 6.45. The molecule has 0 aliphatic heterocycles. The topological polar surface area (TPSA) is 37.3 Å². The van der Waals surface area contributed by atoms with Crippen LogP contribution < -0.4 is 0 Å².